The molecule has 0 aliphatic heterocycles. The van der Waals surface area contributed by atoms with E-state index in [1.165, 1.54) is 48.8 Å². The number of benzene rings is 3. The molecule has 2 fully saturated rings. The zero-order valence-corrected chi connectivity index (χ0v) is 21.2. The Morgan fingerprint density at radius 1 is 0.857 bits per heavy atom. The van der Waals surface area contributed by atoms with Crippen LogP contribution in [0.5, 0.6) is 5.75 Å². The third-order valence-corrected chi connectivity index (χ3v) is 9.28. The van der Waals surface area contributed by atoms with Gasteiger partial charge in [-0.1, -0.05) is 80.6 Å². The Morgan fingerprint density at radius 3 is 2.31 bits per heavy atom. The van der Waals surface area contributed by atoms with Gasteiger partial charge >= 0.3 is 0 Å². The summed E-state index contributed by atoms with van der Waals surface area (Å²) < 4.78 is 12.7. The smallest absolute Gasteiger partial charge is 0.120 e. The van der Waals surface area contributed by atoms with Crippen LogP contribution >= 0.6 is 0 Å². The van der Waals surface area contributed by atoms with E-state index in [0.29, 0.717) is 30.0 Å². The second kappa shape index (κ2) is 9.47. The SMILES string of the molecule is C[C@H]1C[C@]2(C)C[C@H](OCc3ccccc3)C[C@H]2[C@@H]2CCc3cc(OCc4ccccc4)ccc3[C@H]21. The summed E-state index contributed by atoms with van der Waals surface area (Å²) in [6.45, 7) is 6.44. The van der Waals surface area contributed by atoms with Gasteiger partial charge in [0.1, 0.15) is 12.4 Å². The molecule has 182 valence electrons. The lowest BCUT2D eigenvalue weighted by molar-refractivity contribution is 0.0218. The van der Waals surface area contributed by atoms with Crippen molar-refractivity contribution in [1.82, 2.24) is 0 Å². The van der Waals surface area contributed by atoms with E-state index in [-0.39, 0.29) is 0 Å². The van der Waals surface area contributed by atoms with E-state index in [1.807, 2.05) is 0 Å². The van der Waals surface area contributed by atoms with Crippen molar-refractivity contribution >= 4 is 0 Å². The van der Waals surface area contributed by atoms with Crippen molar-refractivity contribution in [3.8, 4) is 5.75 Å². The molecule has 6 atom stereocenters. The van der Waals surface area contributed by atoms with Crippen LogP contribution in [-0.2, 0) is 24.4 Å². The average molecular weight is 467 g/mol. The average Bonchev–Trinajstić information content (AvgIpc) is 3.23. The molecule has 0 aromatic heterocycles. The first-order valence-corrected chi connectivity index (χ1v) is 13.5. The van der Waals surface area contributed by atoms with Gasteiger partial charge in [0.05, 0.1) is 12.7 Å². The van der Waals surface area contributed by atoms with Crippen molar-refractivity contribution in [3.05, 3.63) is 101 Å². The quantitative estimate of drug-likeness (QED) is 0.367. The summed E-state index contributed by atoms with van der Waals surface area (Å²) in [5.74, 6) is 3.94. The highest BCUT2D eigenvalue weighted by Gasteiger charge is 2.55. The van der Waals surface area contributed by atoms with Gasteiger partial charge in [-0.15, -0.1) is 0 Å². The van der Waals surface area contributed by atoms with Crippen molar-refractivity contribution < 1.29 is 9.47 Å². The molecule has 6 rings (SSSR count). The minimum absolute atomic E-state index is 0.395. The molecular formula is C33H38O2. The van der Waals surface area contributed by atoms with Gasteiger partial charge in [-0.05, 0) is 95.6 Å². The molecular weight excluding hydrogens is 428 g/mol. The summed E-state index contributed by atoms with van der Waals surface area (Å²) in [7, 11) is 0. The van der Waals surface area contributed by atoms with Crippen LogP contribution in [0.3, 0.4) is 0 Å². The van der Waals surface area contributed by atoms with Crippen LogP contribution < -0.4 is 4.74 Å². The summed E-state index contributed by atoms with van der Waals surface area (Å²) in [6.07, 6.45) is 6.63. The zero-order chi connectivity index (χ0) is 23.8. The van der Waals surface area contributed by atoms with Gasteiger partial charge in [0.2, 0.25) is 0 Å². The second-order valence-electron chi connectivity index (χ2n) is 11.7. The summed E-state index contributed by atoms with van der Waals surface area (Å²) in [5, 5.41) is 0. The van der Waals surface area contributed by atoms with Crippen molar-refractivity contribution in [2.75, 3.05) is 0 Å². The van der Waals surface area contributed by atoms with Crippen LogP contribution in [0, 0.1) is 23.2 Å². The molecule has 2 heteroatoms. The maximum Gasteiger partial charge on any atom is 0.120 e. The summed E-state index contributed by atoms with van der Waals surface area (Å²) in [5.41, 5.74) is 6.03. The Hall–Kier alpha value is -2.58. The molecule has 0 bridgehead atoms. The highest BCUT2D eigenvalue weighted by Crippen LogP contribution is 2.63. The number of ether oxygens (including phenoxy) is 2. The highest BCUT2D eigenvalue weighted by atomic mass is 16.5. The van der Waals surface area contributed by atoms with Gasteiger partial charge in [0.25, 0.3) is 0 Å². The van der Waals surface area contributed by atoms with Crippen LogP contribution in [0.4, 0.5) is 0 Å². The number of hydrogen-bond acceptors (Lipinski definition) is 2. The van der Waals surface area contributed by atoms with Gasteiger partial charge in [-0.25, -0.2) is 0 Å². The van der Waals surface area contributed by atoms with Crippen LogP contribution in [0.2, 0.25) is 0 Å². The van der Waals surface area contributed by atoms with Gasteiger partial charge in [0.15, 0.2) is 0 Å². The first kappa shape index (κ1) is 22.9. The number of aryl methyl sites for hydroxylation is 1. The molecule has 2 saturated carbocycles. The Labute approximate surface area is 210 Å². The second-order valence-corrected chi connectivity index (χ2v) is 11.7. The van der Waals surface area contributed by atoms with Crippen LogP contribution in [0.15, 0.2) is 78.9 Å². The molecule has 35 heavy (non-hydrogen) atoms. The van der Waals surface area contributed by atoms with E-state index in [9.17, 15) is 0 Å². The third-order valence-electron chi connectivity index (χ3n) is 9.28. The normalized spacial score (nSPS) is 31.3. The van der Waals surface area contributed by atoms with Crippen LogP contribution in [0.25, 0.3) is 0 Å². The molecule has 0 spiro atoms. The van der Waals surface area contributed by atoms with E-state index in [4.69, 9.17) is 9.47 Å². The van der Waals surface area contributed by atoms with Crippen molar-refractivity contribution in [2.24, 2.45) is 23.2 Å². The minimum atomic E-state index is 0.395. The molecule has 3 aliphatic carbocycles. The van der Waals surface area contributed by atoms with Crippen molar-refractivity contribution in [1.29, 1.82) is 0 Å². The zero-order valence-electron chi connectivity index (χ0n) is 21.2. The highest BCUT2D eigenvalue weighted by molar-refractivity contribution is 5.41. The molecule has 0 N–H and O–H groups in total. The Kier molecular flexibility index (Phi) is 6.18. The van der Waals surface area contributed by atoms with Crippen molar-refractivity contribution in [2.45, 2.75) is 71.2 Å². The number of rotatable bonds is 6. The molecule has 2 nitrogen and oxygen atoms in total. The van der Waals surface area contributed by atoms with Gasteiger partial charge in [-0.2, -0.15) is 0 Å². The topological polar surface area (TPSA) is 18.5 Å². The number of hydrogen-bond donors (Lipinski definition) is 0. The summed E-state index contributed by atoms with van der Waals surface area (Å²) in [4.78, 5) is 0. The fourth-order valence-electron chi connectivity index (χ4n) is 7.89. The molecule has 0 unspecified atom stereocenters. The van der Waals surface area contributed by atoms with E-state index >= 15 is 0 Å². The maximum atomic E-state index is 6.49. The van der Waals surface area contributed by atoms with Crippen molar-refractivity contribution in [3.63, 3.8) is 0 Å². The maximum absolute atomic E-state index is 6.49. The Morgan fingerprint density at radius 2 is 1.57 bits per heavy atom. The molecule has 0 amide bonds. The first-order valence-electron chi connectivity index (χ1n) is 13.5. The van der Waals surface area contributed by atoms with E-state index < -0.39 is 0 Å². The molecule has 3 aromatic rings. The molecule has 3 aromatic carbocycles. The predicted molar refractivity (Wildman–Crippen MR) is 141 cm³/mol. The first-order chi connectivity index (χ1) is 17.1. The molecule has 0 heterocycles. The van der Waals surface area contributed by atoms with Crippen LogP contribution in [0.1, 0.15) is 67.7 Å². The lowest BCUT2D eigenvalue weighted by Crippen LogP contribution is -2.43. The predicted octanol–water partition coefficient (Wildman–Crippen LogP) is 7.95. The lowest BCUT2D eigenvalue weighted by Gasteiger charge is -2.52. The molecule has 0 saturated heterocycles. The third kappa shape index (κ3) is 4.54. The lowest BCUT2D eigenvalue weighted by atomic mass is 9.52. The fraction of sp³-hybridized carbons (Fsp3) is 0.455. The summed E-state index contributed by atoms with van der Waals surface area (Å²) in [6, 6.07) is 28.0. The van der Waals surface area contributed by atoms with Gasteiger partial charge in [-0.3, -0.25) is 0 Å². The van der Waals surface area contributed by atoms with Gasteiger partial charge < -0.3 is 9.47 Å². The summed E-state index contributed by atoms with van der Waals surface area (Å²) >= 11 is 0. The van der Waals surface area contributed by atoms with E-state index in [2.05, 4.69) is 92.7 Å². The van der Waals surface area contributed by atoms with E-state index in [1.54, 1.807) is 5.56 Å². The molecule has 3 aliphatic rings. The monoisotopic (exact) mass is 466 g/mol. The number of fused-ring (bicyclic) bond motifs is 5. The Balaban J connectivity index is 1.16. The molecule has 0 radical (unpaired) electrons. The van der Waals surface area contributed by atoms with Crippen LogP contribution in [-0.4, -0.2) is 6.10 Å². The van der Waals surface area contributed by atoms with Gasteiger partial charge in [0, 0.05) is 0 Å². The standard InChI is InChI=1S/C33H38O2/c1-23-19-33(2)20-28(35-22-25-11-7-4-8-12-25)18-31(33)30-15-13-26-17-27(14-16-29(26)32(23)30)34-21-24-9-5-3-6-10-24/h3-12,14,16-17,23,28,30-32H,13,15,18-22H2,1-2H3/t23-,28+,30-,31-,32+,33+/m0/s1. The van der Waals surface area contributed by atoms with E-state index in [0.717, 1.165) is 24.2 Å². The fourth-order valence-corrected chi connectivity index (χ4v) is 7.89. The minimum Gasteiger partial charge on any atom is -0.489 e. The Bertz CT molecular complexity index is 1140. The largest absolute Gasteiger partial charge is 0.489 e.